The number of nitrogens with one attached hydrogen (secondary N) is 1. The number of aryl methyl sites for hydroxylation is 1. The molecule has 108 valence electrons. The highest BCUT2D eigenvalue weighted by Crippen LogP contribution is 2.17. The lowest BCUT2D eigenvalue weighted by atomic mass is 10.2. The topological polar surface area (TPSA) is 43.0 Å². The molecule has 0 saturated carbocycles. The van der Waals surface area contributed by atoms with Gasteiger partial charge in [0, 0.05) is 17.8 Å². The summed E-state index contributed by atoms with van der Waals surface area (Å²) in [6.07, 6.45) is 1.70. The van der Waals surface area contributed by atoms with Gasteiger partial charge in [0.15, 0.2) is 0 Å². The summed E-state index contributed by atoms with van der Waals surface area (Å²) in [4.78, 5) is 0. The Bertz CT molecular complexity index is 699. The van der Waals surface area contributed by atoms with Gasteiger partial charge in [-0.2, -0.15) is 5.10 Å². The third kappa shape index (κ3) is 2.90. The predicted octanol–water partition coefficient (Wildman–Crippen LogP) is 3.37. The van der Waals surface area contributed by atoms with Crippen molar-refractivity contribution in [1.82, 2.24) is 15.1 Å². The maximum absolute atomic E-state index is 5.32. The van der Waals surface area contributed by atoms with E-state index in [9.17, 15) is 0 Å². The van der Waals surface area contributed by atoms with Crippen LogP contribution >= 0.6 is 0 Å². The Labute approximate surface area is 124 Å². The molecule has 0 radical (unpaired) electrons. The fourth-order valence-corrected chi connectivity index (χ4v) is 2.48. The second kappa shape index (κ2) is 5.97. The first-order valence-corrected chi connectivity index (χ1v) is 7.09. The van der Waals surface area contributed by atoms with Crippen LogP contribution in [0.1, 0.15) is 22.7 Å². The maximum atomic E-state index is 5.32. The van der Waals surface area contributed by atoms with Crippen LogP contribution in [0.4, 0.5) is 0 Å². The van der Waals surface area contributed by atoms with Crippen LogP contribution in [0.2, 0.25) is 0 Å². The predicted molar refractivity (Wildman–Crippen MR) is 82.3 cm³/mol. The average Bonchev–Trinajstić information content (AvgIpc) is 3.11. The maximum Gasteiger partial charge on any atom is 0.117 e. The Balaban J connectivity index is 1.75. The Morgan fingerprint density at radius 2 is 1.86 bits per heavy atom. The summed E-state index contributed by atoms with van der Waals surface area (Å²) < 4.78 is 7.32. The summed E-state index contributed by atoms with van der Waals surface area (Å²) in [5.41, 5.74) is 4.56. The quantitative estimate of drug-likeness (QED) is 0.779. The monoisotopic (exact) mass is 281 g/mol. The van der Waals surface area contributed by atoms with E-state index >= 15 is 0 Å². The van der Waals surface area contributed by atoms with E-state index in [1.165, 1.54) is 11.3 Å². The van der Waals surface area contributed by atoms with E-state index in [-0.39, 0.29) is 0 Å². The first kappa shape index (κ1) is 13.6. The molecule has 0 fully saturated rings. The van der Waals surface area contributed by atoms with Crippen molar-refractivity contribution in [2.45, 2.75) is 26.9 Å². The van der Waals surface area contributed by atoms with Gasteiger partial charge in [-0.3, -0.25) is 0 Å². The number of hydrogen-bond acceptors (Lipinski definition) is 3. The summed E-state index contributed by atoms with van der Waals surface area (Å²) in [5.74, 6) is 0.945. The lowest BCUT2D eigenvalue weighted by Crippen LogP contribution is -2.13. The van der Waals surface area contributed by atoms with Crippen LogP contribution in [0.25, 0.3) is 5.69 Å². The van der Waals surface area contributed by atoms with E-state index in [4.69, 9.17) is 4.42 Å². The zero-order valence-corrected chi connectivity index (χ0v) is 12.3. The number of nitrogens with zero attached hydrogens (tertiary/aromatic N) is 2. The van der Waals surface area contributed by atoms with E-state index < -0.39 is 0 Å². The third-order valence-electron chi connectivity index (χ3n) is 3.62. The van der Waals surface area contributed by atoms with Gasteiger partial charge < -0.3 is 9.73 Å². The van der Waals surface area contributed by atoms with Crippen molar-refractivity contribution in [1.29, 1.82) is 0 Å². The number of aromatic nitrogens is 2. The van der Waals surface area contributed by atoms with Crippen LogP contribution in [-0.4, -0.2) is 9.78 Å². The minimum atomic E-state index is 0.725. The Kier molecular flexibility index (Phi) is 3.88. The molecule has 2 heterocycles. The lowest BCUT2D eigenvalue weighted by Gasteiger charge is -2.06. The Morgan fingerprint density at radius 3 is 2.57 bits per heavy atom. The molecule has 4 nitrogen and oxygen atoms in total. The lowest BCUT2D eigenvalue weighted by molar-refractivity contribution is 0.482. The van der Waals surface area contributed by atoms with E-state index in [1.807, 2.05) is 35.0 Å². The van der Waals surface area contributed by atoms with Gasteiger partial charge in [0.25, 0.3) is 0 Å². The highest BCUT2D eigenvalue weighted by molar-refractivity contribution is 5.36. The summed E-state index contributed by atoms with van der Waals surface area (Å²) >= 11 is 0. The van der Waals surface area contributed by atoms with Gasteiger partial charge in [-0.25, -0.2) is 4.68 Å². The molecule has 0 spiro atoms. The second-order valence-electron chi connectivity index (χ2n) is 5.08. The molecule has 1 aromatic carbocycles. The molecule has 2 aromatic heterocycles. The van der Waals surface area contributed by atoms with Gasteiger partial charge in [-0.05, 0) is 38.1 Å². The van der Waals surface area contributed by atoms with E-state index in [2.05, 4.69) is 36.4 Å². The van der Waals surface area contributed by atoms with Crippen molar-refractivity contribution >= 4 is 0 Å². The fraction of sp³-hybridized carbons (Fsp3) is 0.235. The standard InChI is InChI=1S/C17H19N3O/c1-13-17(12-18-11-16-9-6-10-21-16)14(2)20(19-13)15-7-4-3-5-8-15/h3-10,18H,11-12H2,1-2H3. The molecule has 0 atom stereocenters. The van der Waals surface area contributed by atoms with Gasteiger partial charge in [-0.15, -0.1) is 0 Å². The van der Waals surface area contributed by atoms with Crippen LogP contribution in [0, 0.1) is 13.8 Å². The third-order valence-corrected chi connectivity index (χ3v) is 3.62. The fourth-order valence-electron chi connectivity index (χ4n) is 2.48. The Hall–Kier alpha value is -2.33. The zero-order valence-electron chi connectivity index (χ0n) is 12.3. The minimum Gasteiger partial charge on any atom is -0.468 e. The highest BCUT2D eigenvalue weighted by atomic mass is 16.3. The van der Waals surface area contributed by atoms with Gasteiger partial charge in [-0.1, -0.05) is 18.2 Å². The van der Waals surface area contributed by atoms with E-state index in [0.29, 0.717) is 0 Å². The first-order chi connectivity index (χ1) is 10.3. The van der Waals surface area contributed by atoms with Crippen LogP contribution in [0.3, 0.4) is 0 Å². The Morgan fingerprint density at radius 1 is 1.05 bits per heavy atom. The molecule has 3 aromatic rings. The molecule has 0 unspecified atom stereocenters. The van der Waals surface area contributed by atoms with Crippen LogP contribution in [0.5, 0.6) is 0 Å². The summed E-state index contributed by atoms with van der Waals surface area (Å²) in [5, 5.41) is 8.05. The summed E-state index contributed by atoms with van der Waals surface area (Å²) in [7, 11) is 0. The van der Waals surface area contributed by atoms with E-state index in [1.54, 1.807) is 6.26 Å². The SMILES string of the molecule is Cc1nn(-c2ccccc2)c(C)c1CNCc1ccco1. The molecule has 21 heavy (non-hydrogen) atoms. The highest BCUT2D eigenvalue weighted by Gasteiger charge is 2.12. The molecule has 0 aliphatic carbocycles. The van der Waals surface area contributed by atoms with Crippen LogP contribution in [0.15, 0.2) is 53.1 Å². The normalized spacial score (nSPS) is 11.0. The van der Waals surface area contributed by atoms with Crippen molar-refractivity contribution in [3.63, 3.8) is 0 Å². The van der Waals surface area contributed by atoms with Crippen molar-refractivity contribution in [3.05, 3.63) is 71.4 Å². The molecule has 0 saturated heterocycles. The number of para-hydroxylation sites is 1. The smallest absolute Gasteiger partial charge is 0.117 e. The van der Waals surface area contributed by atoms with Gasteiger partial charge in [0.05, 0.1) is 24.2 Å². The number of furan rings is 1. The summed E-state index contributed by atoms with van der Waals surface area (Å²) in [6.45, 7) is 5.67. The molecule has 4 heteroatoms. The van der Waals surface area contributed by atoms with Crippen LogP contribution in [-0.2, 0) is 13.1 Å². The molecule has 1 N–H and O–H groups in total. The molecular weight excluding hydrogens is 262 g/mol. The van der Waals surface area contributed by atoms with Crippen molar-refractivity contribution in [2.24, 2.45) is 0 Å². The van der Waals surface area contributed by atoms with Crippen LogP contribution < -0.4 is 5.32 Å². The van der Waals surface area contributed by atoms with Gasteiger partial charge in [0.2, 0.25) is 0 Å². The minimum absolute atomic E-state index is 0.725. The molecule has 3 rings (SSSR count). The number of hydrogen-bond donors (Lipinski definition) is 1. The molecule has 0 aliphatic heterocycles. The van der Waals surface area contributed by atoms with Gasteiger partial charge in [0.1, 0.15) is 5.76 Å². The molecule has 0 bridgehead atoms. The van der Waals surface area contributed by atoms with Crippen molar-refractivity contribution in [2.75, 3.05) is 0 Å². The molecular formula is C17H19N3O. The summed E-state index contributed by atoms with van der Waals surface area (Å²) in [6, 6.07) is 14.1. The largest absolute Gasteiger partial charge is 0.468 e. The van der Waals surface area contributed by atoms with Crippen molar-refractivity contribution in [3.8, 4) is 5.69 Å². The molecule has 0 amide bonds. The number of rotatable bonds is 5. The number of benzene rings is 1. The van der Waals surface area contributed by atoms with Crippen molar-refractivity contribution < 1.29 is 4.42 Å². The van der Waals surface area contributed by atoms with Gasteiger partial charge >= 0.3 is 0 Å². The molecule has 0 aliphatic rings. The second-order valence-corrected chi connectivity index (χ2v) is 5.08. The first-order valence-electron chi connectivity index (χ1n) is 7.09. The average molecular weight is 281 g/mol. The zero-order chi connectivity index (χ0) is 14.7. The van der Waals surface area contributed by atoms with E-state index in [0.717, 1.165) is 30.2 Å².